The first-order valence-corrected chi connectivity index (χ1v) is 50.0. The number of aliphatic hydroxyl groups is 5. The number of halogens is 1. The van der Waals surface area contributed by atoms with Crippen molar-refractivity contribution in [2.45, 2.75) is 298 Å². The highest BCUT2D eigenvalue weighted by Crippen LogP contribution is 2.50. The first-order chi connectivity index (χ1) is 64.6. The summed E-state index contributed by atoms with van der Waals surface area (Å²) < 4.78 is 85.9. The van der Waals surface area contributed by atoms with Gasteiger partial charge in [0, 0.05) is 111 Å². The molecule has 0 spiro atoms. The maximum Gasteiger partial charge on any atom is 0.410 e. The summed E-state index contributed by atoms with van der Waals surface area (Å²) in [5.74, 6) is 6.92. The lowest BCUT2D eigenvalue weighted by Crippen LogP contribution is -2.65. The Morgan fingerprint density at radius 1 is 0.809 bits per heavy atom. The van der Waals surface area contributed by atoms with Gasteiger partial charge in [-0.1, -0.05) is 95.5 Å². The van der Waals surface area contributed by atoms with Crippen LogP contribution in [-0.4, -0.2) is 307 Å². The molecule has 38 nitrogen and oxygen atoms in total. The van der Waals surface area contributed by atoms with Gasteiger partial charge in [0.05, 0.1) is 104 Å². The van der Waals surface area contributed by atoms with Gasteiger partial charge < -0.3 is 134 Å². The summed E-state index contributed by atoms with van der Waals surface area (Å²) in [6, 6.07) is 2.62. The Balaban J connectivity index is 0.936. The number of unbranched alkanes of at least 4 members (excludes halogenated alkanes) is 1. The number of hydroxylamine groups is 1. The second-order valence-corrected chi connectivity index (χ2v) is 40.6. The number of rotatable bonds is 43. The Bertz CT molecular complexity index is 4690. The number of nitrogens with two attached hydrogens (primary N) is 2. The Hall–Kier alpha value is -7.78. The van der Waals surface area contributed by atoms with Crippen molar-refractivity contribution in [3.63, 3.8) is 0 Å². The van der Waals surface area contributed by atoms with Crippen LogP contribution in [0.4, 0.5) is 20.1 Å². The summed E-state index contributed by atoms with van der Waals surface area (Å²) in [6.07, 6.45) is -14.3. The van der Waals surface area contributed by atoms with Gasteiger partial charge >= 0.3 is 24.2 Å². The van der Waals surface area contributed by atoms with Crippen molar-refractivity contribution in [2.75, 3.05) is 85.9 Å². The molecule has 42 heteroatoms. The molecule has 22 atom stereocenters. The molecule has 5 fully saturated rings. The Morgan fingerprint density at radius 3 is 2.12 bits per heavy atom. The Morgan fingerprint density at radius 2 is 1.49 bits per heavy atom. The second kappa shape index (κ2) is 52.6. The number of benzene rings is 2. The van der Waals surface area contributed by atoms with E-state index in [9.17, 15) is 73.5 Å². The number of piperidine rings is 1. The van der Waals surface area contributed by atoms with Crippen molar-refractivity contribution < 1.29 is 145 Å². The van der Waals surface area contributed by atoms with Crippen LogP contribution >= 0.6 is 55.9 Å². The number of esters is 1. The standard InChI is InChI=1S/C94H133IN8O30S3/c1-17-103(92(117)125-47-55-28-30-58(31-29-55)99-85(112)57(26-24-37-98-90(97)115)42-63(105)74(49(2)3)100-86(113)56(41-50(4)104)25-21-23-36-96)62-48-124-69(45-67(62)119-12)130-82-77(110)75(101-133-70-44-64(106)84(54(8)126-70)135-87(114)71-51(5)73(95)80(83(123-16)79(71)121-14)131-88-78(111)81(122-15)76(109)53(7)128-88)52(6)127-89(82)129-66-27-20-18-19-22-35-94(118)46-65(107)60(43-68(108)120-13)72(66)61(94)34-40-134-136-59-32-38-102(39-33-59)91(116)132-93(9,10)11/h18-19,28-31,34,49,52-54,56-57,59,62,64,66-67,69-70,74-78,81-82,84,88-89,101,106,109-111,118H,17,21,23-26,32-33,36-48,96H2,1-16H3,(H,99,112)(H,100,113)(H3,97,98,115)/b19-18-,61-34+/t52-,53+,54-,56-,57-,62+,64+,66+,67+,69+,70+,74+,75-,76+,77+,78-,81-,82-,84-,88+,89+,94+/m1/s1. The number of likely N-dealkylation sites (tertiary alicyclic amines) is 1. The Labute approximate surface area is 819 Å². The number of primary amides is 1. The molecule has 0 radical (unpaired) electrons. The van der Waals surface area contributed by atoms with Crippen LogP contribution in [0.1, 0.15) is 174 Å². The summed E-state index contributed by atoms with van der Waals surface area (Å²) in [4.78, 5) is 146. The molecule has 6 amide bonds. The number of allylic oxidation sites excluding steroid dienone is 2. The third-order valence-electron chi connectivity index (χ3n) is 24.3. The highest BCUT2D eigenvalue weighted by Gasteiger charge is 2.53. The number of urea groups is 1. The number of ether oxygens (including phenoxy) is 14. The molecule has 13 N–H and O–H groups in total. The van der Waals surface area contributed by atoms with Crippen LogP contribution in [0.5, 0.6) is 17.2 Å². The largest absolute Gasteiger partial charge is 0.492 e. The summed E-state index contributed by atoms with van der Waals surface area (Å²) in [6.45, 7) is 19.6. The molecule has 5 aliphatic heterocycles. The molecule has 0 aromatic heterocycles. The lowest BCUT2D eigenvalue weighted by molar-refractivity contribution is -0.337. The van der Waals surface area contributed by atoms with Crippen LogP contribution in [0.15, 0.2) is 59.2 Å². The van der Waals surface area contributed by atoms with Crippen LogP contribution in [-0.2, 0) is 92.3 Å². The van der Waals surface area contributed by atoms with Gasteiger partial charge in [-0.2, -0.15) is 5.48 Å². The molecular formula is C94H133IN8O30S3. The number of hydrogen-bond acceptors (Lipinski definition) is 35. The fourth-order valence-corrected chi connectivity index (χ4v) is 21.3. The minimum atomic E-state index is -2.19. The molecule has 0 saturated carbocycles. The van der Waals surface area contributed by atoms with Crippen LogP contribution in [0.2, 0.25) is 0 Å². The van der Waals surface area contributed by atoms with Crippen LogP contribution in [0.25, 0.3) is 0 Å². The maximum atomic E-state index is 14.7. The van der Waals surface area contributed by atoms with Crippen LogP contribution in [0.3, 0.4) is 0 Å². The van der Waals surface area contributed by atoms with Crippen molar-refractivity contribution in [1.82, 2.24) is 25.9 Å². The monoisotopic (exact) mass is 2080 g/mol. The van der Waals surface area contributed by atoms with E-state index >= 15 is 0 Å². The SMILES string of the molecule is CCN(C(=O)OCc1ccc(NC(=O)[C@H](CCCNC(N)=O)CC(=O)[C@@H](NC(=O)[C@H](CCCCN)CC(C)=O)C(C)C)cc1)[C@H]1CO[C@@H](O[C@H]2[C@H](O[C@H]3C#C/C=C\C#C[C@]4(O)CC(=O)C(CC(=O)OC)=C3/C4=C\CSSC3CCN(C(=O)OC(C)(C)C)CC3)O[C@H](C)[C@@H](NO[C@H]3C[C@H](O)[C@H](SC(=O)c4c(C)c(I)c(O[C@@H]5O[C@@H](C)[C@H](O)[C@@H](OC)[C@H]5O)c(OC)c4OC)[C@@H](C)O3)[C@@H]2O)C[C@@H]1OC. The van der Waals surface area contributed by atoms with E-state index in [4.69, 9.17) is 82.6 Å². The number of methoxy groups -OCH3 is 5. The molecule has 2 aromatic carbocycles. The summed E-state index contributed by atoms with van der Waals surface area (Å²) in [7, 11) is 9.64. The number of hydrogen-bond donors (Lipinski definition) is 11. The van der Waals surface area contributed by atoms with Crippen LogP contribution < -0.4 is 47.1 Å². The number of aliphatic hydroxyl groups excluding tert-OH is 4. The molecule has 754 valence electrons. The molecule has 0 unspecified atom stereocenters. The molecule has 5 saturated heterocycles. The molecule has 136 heavy (non-hydrogen) atoms. The zero-order valence-corrected chi connectivity index (χ0v) is 84.4. The van der Waals surface area contributed by atoms with Gasteiger partial charge in [-0.25, -0.2) is 14.4 Å². The molecule has 2 bridgehead atoms. The van der Waals surface area contributed by atoms with Gasteiger partial charge in [0.15, 0.2) is 47.5 Å². The van der Waals surface area contributed by atoms with E-state index in [0.717, 1.165) is 18.9 Å². The first kappa shape index (κ1) is 112. The van der Waals surface area contributed by atoms with E-state index in [1.54, 1.807) is 94.5 Å². The van der Waals surface area contributed by atoms with Crippen LogP contribution in [0, 0.1) is 51.9 Å². The lowest BCUT2D eigenvalue weighted by Gasteiger charge is -2.47. The van der Waals surface area contributed by atoms with Crippen molar-refractivity contribution in [3.05, 3.63) is 79.5 Å². The van der Waals surface area contributed by atoms with Crippen molar-refractivity contribution in [1.29, 1.82) is 0 Å². The van der Waals surface area contributed by atoms with Gasteiger partial charge in [0.1, 0.15) is 54.6 Å². The number of ketones is 3. The van der Waals surface area contributed by atoms with Gasteiger partial charge in [-0.05, 0) is 171 Å². The average Bonchev–Trinajstić information content (AvgIpc) is 0.746. The van der Waals surface area contributed by atoms with E-state index < -0.39 is 204 Å². The summed E-state index contributed by atoms with van der Waals surface area (Å²) >= 11 is 2.76. The predicted octanol–water partition coefficient (Wildman–Crippen LogP) is 7.44. The number of carbonyl (C=O) groups is 10. The third kappa shape index (κ3) is 30.1. The molecule has 9 rings (SSSR count). The van der Waals surface area contributed by atoms with Gasteiger partial charge in [0.25, 0.3) is 0 Å². The van der Waals surface area contributed by atoms with Crippen molar-refractivity contribution >= 4 is 120 Å². The van der Waals surface area contributed by atoms with E-state index in [1.807, 2.05) is 43.4 Å². The molecule has 2 aliphatic carbocycles. The van der Waals surface area contributed by atoms with Crippen molar-refractivity contribution in [3.8, 4) is 40.9 Å². The van der Waals surface area contributed by atoms with E-state index in [1.165, 1.54) is 63.2 Å². The zero-order chi connectivity index (χ0) is 99.7. The van der Waals surface area contributed by atoms with Gasteiger partial charge in [-0.3, -0.25) is 33.6 Å². The van der Waals surface area contributed by atoms with E-state index in [2.05, 4.69) is 45.1 Å². The topological polar surface area (TPSA) is 517 Å². The molecule has 2 aromatic rings. The fraction of sp³-hybridized carbons (Fsp3) is 0.660. The quantitative estimate of drug-likeness (QED) is 0.00584. The molecule has 7 aliphatic rings. The number of likely N-dealkylation sites (N-methyl/N-ethyl adjacent to an activating group) is 1. The fourth-order valence-electron chi connectivity index (χ4n) is 17.0. The van der Waals surface area contributed by atoms with Gasteiger partial charge in [0.2, 0.25) is 29.0 Å². The first-order valence-electron chi connectivity index (χ1n) is 45.6. The highest BCUT2D eigenvalue weighted by molar-refractivity contribution is 14.1. The Kier molecular flexibility index (Phi) is 43.3. The minimum Gasteiger partial charge on any atom is -0.492 e. The summed E-state index contributed by atoms with van der Waals surface area (Å²) in [5.41, 5.74) is 12.4. The number of thioether (sulfide) groups is 1. The normalized spacial score (nSPS) is 28.1. The number of nitrogens with zero attached hydrogens (tertiary/aromatic N) is 2. The number of anilines is 1. The zero-order valence-electron chi connectivity index (χ0n) is 79.8. The summed E-state index contributed by atoms with van der Waals surface area (Å²) in [5, 5.41) is 66.7. The van der Waals surface area contributed by atoms with Gasteiger partial charge in [-0.15, -0.1) is 0 Å². The highest BCUT2D eigenvalue weighted by atomic mass is 127. The smallest absolute Gasteiger partial charge is 0.410 e. The molecular weight excluding hydrogens is 1940 g/mol. The number of Topliss-reactive ketones (excluding diaryl/α,β-unsaturated/α-hetero) is 3. The third-order valence-corrected chi connectivity index (χ3v) is 29.8. The second-order valence-electron chi connectivity index (χ2n) is 35.7. The van der Waals surface area contributed by atoms with Crippen molar-refractivity contribution in [2.24, 2.45) is 29.2 Å². The minimum absolute atomic E-state index is 0.00970. The maximum absolute atomic E-state index is 14.7. The molecule has 5 heterocycles. The predicted molar refractivity (Wildman–Crippen MR) is 510 cm³/mol. The number of nitrogens with one attached hydrogen (secondary N) is 4. The lowest BCUT2D eigenvalue weighted by atomic mass is 9.72. The number of fused-ring (bicyclic) bond motifs is 2. The average molecular weight is 2080 g/mol. The number of amides is 6. The van der Waals surface area contributed by atoms with E-state index in [0.29, 0.717) is 72.1 Å². The van der Waals surface area contributed by atoms with E-state index in [-0.39, 0.29) is 127 Å². The number of carbonyl (C=O) groups excluding carboxylic acids is 10.